The number of piperidine rings is 1. The van der Waals surface area contributed by atoms with E-state index in [1.807, 2.05) is 0 Å². The summed E-state index contributed by atoms with van der Waals surface area (Å²) >= 11 is 0. The molecule has 0 bridgehead atoms. The van der Waals surface area contributed by atoms with Gasteiger partial charge < -0.3 is 10.3 Å². The van der Waals surface area contributed by atoms with Crippen molar-refractivity contribution < 1.29 is 0 Å². The van der Waals surface area contributed by atoms with E-state index in [1.54, 1.807) is 0 Å². The van der Waals surface area contributed by atoms with Gasteiger partial charge in [0.2, 0.25) is 0 Å². The van der Waals surface area contributed by atoms with Crippen LogP contribution in [0, 0.1) is 0 Å². The zero-order valence-corrected chi connectivity index (χ0v) is 16.4. The Kier molecular flexibility index (Phi) is 6.07. The third-order valence-electron chi connectivity index (χ3n) is 6.09. The molecule has 4 nitrogen and oxygen atoms in total. The first-order valence-corrected chi connectivity index (χ1v) is 10.4. The second kappa shape index (κ2) is 8.87. The summed E-state index contributed by atoms with van der Waals surface area (Å²) in [6.07, 6.45) is 2.44. The third-order valence-corrected chi connectivity index (χ3v) is 6.09. The lowest BCUT2D eigenvalue weighted by atomic mass is 9.99. The van der Waals surface area contributed by atoms with E-state index in [1.165, 1.54) is 24.1 Å². The molecule has 0 amide bonds. The zero-order chi connectivity index (χ0) is 18.5. The highest BCUT2D eigenvalue weighted by molar-refractivity contribution is 5.46. The van der Waals surface area contributed by atoms with Gasteiger partial charge >= 0.3 is 0 Å². The highest BCUT2D eigenvalue weighted by Crippen LogP contribution is 2.29. The minimum Gasteiger partial charge on any atom is -0.314 e. The van der Waals surface area contributed by atoms with Crippen molar-refractivity contribution in [1.29, 1.82) is 0 Å². The summed E-state index contributed by atoms with van der Waals surface area (Å²) in [5.74, 6) is 0. The molecule has 2 aromatic rings. The van der Waals surface area contributed by atoms with Crippen LogP contribution in [0.15, 0.2) is 60.7 Å². The number of hydrazine groups is 1. The Hall–Kier alpha value is -1.88. The maximum Gasteiger partial charge on any atom is 0.0525 e. The molecule has 27 heavy (non-hydrogen) atoms. The Bertz CT molecular complexity index is 676. The van der Waals surface area contributed by atoms with E-state index < -0.39 is 0 Å². The zero-order valence-electron chi connectivity index (χ0n) is 16.4. The van der Waals surface area contributed by atoms with Crippen LogP contribution in [0.2, 0.25) is 0 Å². The number of piperazine rings is 1. The van der Waals surface area contributed by atoms with Crippen molar-refractivity contribution in [2.24, 2.45) is 0 Å². The number of anilines is 1. The van der Waals surface area contributed by atoms with E-state index >= 15 is 0 Å². The number of benzene rings is 2. The summed E-state index contributed by atoms with van der Waals surface area (Å²) < 4.78 is 0. The molecular formula is C23H32N4. The lowest BCUT2D eigenvalue weighted by molar-refractivity contribution is 0.124. The summed E-state index contributed by atoms with van der Waals surface area (Å²) in [6, 6.07) is 23.0. The summed E-state index contributed by atoms with van der Waals surface area (Å²) in [5.41, 5.74) is 2.77. The van der Waals surface area contributed by atoms with Gasteiger partial charge in [-0.05, 0) is 37.5 Å². The second-order valence-electron chi connectivity index (χ2n) is 7.74. The predicted octanol–water partition coefficient (Wildman–Crippen LogP) is 3.54. The Balaban J connectivity index is 1.45. The third kappa shape index (κ3) is 4.34. The van der Waals surface area contributed by atoms with Crippen molar-refractivity contribution in [3.63, 3.8) is 0 Å². The molecule has 0 radical (unpaired) electrons. The summed E-state index contributed by atoms with van der Waals surface area (Å²) in [6.45, 7) is 9.01. The van der Waals surface area contributed by atoms with Gasteiger partial charge in [0, 0.05) is 51.4 Å². The van der Waals surface area contributed by atoms with Crippen LogP contribution in [0.1, 0.15) is 31.4 Å². The van der Waals surface area contributed by atoms with E-state index in [0.29, 0.717) is 12.1 Å². The molecule has 2 heterocycles. The fourth-order valence-corrected chi connectivity index (χ4v) is 4.51. The van der Waals surface area contributed by atoms with Gasteiger partial charge in [0.05, 0.1) is 5.69 Å². The minimum absolute atomic E-state index is 0.497. The first-order chi connectivity index (χ1) is 13.3. The van der Waals surface area contributed by atoms with E-state index in [9.17, 15) is 0 Å². The van der Waals surface area contributed by atoms with Gasteiger partial charge in [0.15, 0.2) is 0 Å². The normalized spacial score (nSPS) is 21.1. The number of nitrogens with one attached hydrogen (secondary N) is 1. The van der Waals surface area contributed by atoms with Gasteiger partial charge in [0.1, 0.15) is 0 Å². The molecule has 0 aromatic heterocycles. The van der Waals surface area contributed by atoms with Crippen molar-refractivity contribution in [2.75, 3.05) is 44.3 Å². The maximum atomic E-state index is 3.49. The van der Waals surface area contributed by atoms with Gasteiger partial charge in [-0.2, -0.15) is 0 Å². The van der Waals surface area contributed by atoms with Gasteiger partial charge in [-0.25, -0.2) is 5.01 Å². The minimum atomic E-state index is 0.497. The number of nitrogens with zero attached hydrogens (tertiary/aromatic N) is 3. The summed E-state index contributed by atoms with van der Waals surface area (Å²) in [5, 5.41) is 8.65. The molecule has 2 aliphatic rings. The van der Waals surface area contributed by atoms with Crippen LogP contribution in [0.25, 0.3) is 0 Å². The Morgan fingerprint density at radius 2 is 1.44 bits per heavy atom. The highest BCUT2D eigenvalue weighted by Gasteiger charge is 2.31. The van der Waals surface area contributed by atoms with Crippen molar-refractivity contribution >= 4 is 5.69 Å². The average Bonchev–Trinajstić information content (AvgIpc) is 2.76. The molecular weight excluding hydrogens is 332 g/mol. The largest absolute Gasteiger partial charge is 0.314 e. The van der Waals surface area contributed by atoms with E-state index in [2.05, 4.69) is 87.8 Å². The molecule has 0 aliphatic carbocycles. The van der Waals surface area contributed by atoms with Gasteiger partial charge in [0.25, 0.3) is 0 Å². The molecule has 0 spiro atoms. The lowest BCUT2D eigenvalue weighted by Crippen LogP contribution is -2.58. The van der Waals surface area contributed by atoms with Crippen molar-refractivity contribution in [1.82, 2.24) is 15.2 Å². The number of hydrogen-bond donors (Lipinski definition) is 1. The van der Waals surface area contributed by atoms with Crippen LogP contribution in [-0.2, 0) is 0 Å². The van der Waals surface area contributed by atoms with Gasteiger partial charge in [-0.15, -0.1) is 0 Å². The molecule has 2 aromatic carbocycles. The molecule has 2 saturated heterocycles. The molecule has 1 N–H and O–H groups in total. The van der Waals surface area contributed by atoms with Crippen LogP contribution in [0.5, 0.6) is 0 Å². The van der Waals surface area contributed by atoms with Crippen LogP contribution < -0.4 is 10.3 Å². The van der Waals surface area contributed by atoms with Crippen molar-refractivity contribution in [2.45, 2.75) is 31.8 Å². The second-order valence-corrected chi connectivity index (χ2v) is 7.74. The number of para-hydroxylation sites is 1. The fourth-order valence-electron chi connectivity index (χ4n) is 4.51. The smallest absolute Gasteiger partial charge is 0.0525 e. The van der Waals surface area contributed by atoms with E-state index in [-0.39, 0.29) is 0 Å². The average molecular weight is 365 g/mol. The van der Waals surface area contributed by atoms with Crippen LogP contribution in [0.4, 0.5) is 5.69 Å². The predicted molar refractivity (Wildman–Crippen MR) is 113 cm³/mol. The Labute approximate surface area is 163 Å². The monoisotopic (exact) mass is 364 g/mol. The molecule has 1 atom stereocenters. The summed E-state index contributed by atoms with van der Waals surface area (Å²) in [4.78, 5) is 2.65. The first kappa shape index (κ1) is 18.5. The topological polar surface area (TPSA) is 21.8 Å². The standard InChI is InChI=1S/C23H32N4/c1-20(21-8-4-2-5-9-21)25-16-12-23(13-17-25)27(22-10-6-3-7-11-22)26-18-14-24-15-19-26/h2-11,20,23-24H,12-19H2,1H3. The molecule has 2 aliphatic heterocycles. The van der Waals surface area contributed by atoms with Crippen molar-refractivity contribution in [3.05, 3.63) is 66.2 Å². The molecule has 0 saturated carbocycles. The SMILES string of the molecule is CC(c1ccccc1)N1CCC(N(c2ccccc2)N2CCNCC2)CC1. The van der Waals surface area contributed by atoms with Gasteiger partial charge in [-0.1, -0.05) is 48.5 Å². The molecule has 4 rings (SSSR count). The lowest BCUT2D eigenvalue weighted by Gasteiger charge is -2.47. The number of likely N-dealkylation sites (tertiary alicyclic amines) is 1. The van der Waals surface area contributed by atoms with Crippen molar-refractivity contribution in [3.8, 4) is 0 Å². The molecule has 4 heteroatoms. The Morgan fingerprint density at radius 3 is 2.07 bits per heavy atom. The van der Waals surface area contributed by atoms with Gasteiger partial charge in [-0.3, -0.25) is 4.90 Å². The highest BCUT2D eigenvalue weighted by atomic mass is 15.6. The maximum absolute atomic E-state index is 3.49. The molecule has 2 fully saturated rings. The Morgan fingerprint density at radius 1 is 0.852 bits per heavy atom. The molecule has 1 unspecified atom stereocenters. The van der Waals surface area contributed by atoms with E-state index in [0.717, 1.165) is 39.3 Å². The number of hydrogen-bond acceptors (Lipinski definition) is 4. The first-order valence-electron chi connectivity index (χ1n) is 10.4. The van der Waals surface area contributed by atoms with Crippen LogP contribution in [0.3, 0.4) is 0 Å². The fraction of sp³-hybridized carbons (Fsp3) is 0.478. The van der Waals surface area contributed by atoms with Crippen LogP contribution in [-0.4, -0.2) is 55.2 Å². The van der Waals surface area contributed by atoms with Crippen LogP contribution >= 0.6 is 0 Å². The number of rotatable bonds is 5. The summed E-state index contributed by atoms with van der Waals surface area (Å²) in [7, 11) is 0. The molecule has 144 valence electrons. The van der Waals surface area contributed by atoms with E-state index in [4.69, 9.17) is 0 Å². The quantitative estimate of drug-likeness (QED) is 0.876.